The molecule has 0 spiro atoms. The van der Waals surface area contributed by atoms with Crippen molar-refractivity contribution in [2.75, 3.05) is 11.4 Å². The molecule has 0 radical (unpaired) electrons. The molecule has 0 aliphatic carbocycles. The molecule has 2 heterocycles. The minimum absolute atomic E-state index is 0.0476. The number of benzene rings is 2. The van der Waals surface area contributed by atoms with Gasteiger partial charge in [-0.25, -0.2) is 8.78 Å². The molecule has 1 atom stereocenters. The smallest absolute Gasteiger partial charge is 0.257 e. The number of aromatic nitrogens is 2. The monoisotopic (exact) mass is 397 g/mol. The molecule has 0 bridgehead atoms. The third-order valence-corrected chi connectivity index (χ3v) is 5.14. The largest absolute Gasteiger partial charge is 0.334 e. The van der Waals surface area contributed by atoms with Gasteiger partial charge in [-0.05, 0) is 35.2 Å². The van der Waals surface area contributed by atoms with Gasteiger partial charge in [0.1, 0.15) is 0 Å². The predicted octanol–water partition coefficient (Wildman–Crippen LogP) is 4.83. The van der Waals surface area contributed by atoms with Gasteiger partial charge in [-0.3, -0.25) is 4.79 Å². The van der Waals surface area contributed by atoms with Crippen LogP contribution in [-0.4, -0.2) is 22.6 Å². The molecule has 7 heteroatoms. The van der Waals surface area contributed by atoms with Crippen LogP contribution in [0, 0.1) is 11.6 Å². The summed E-state index contributed by atoms with van der Waals surface area (Å²) in [6.45, 7) is 6.71. The van der Waals surface area contributed by atoms with E-state index in [2.05, 4.69) is 30.9 Å². The summed E-state index contributed by atoms with van der Waals surface area (Å²) in [6, 6.07) is 11.4. The molecule has 1 aromatic heterocycles. The fourth-order valence-corrected chi connectivity index (χ4v) is 3.41. The van der Waals surface area contributed by atoms with E-state index >= 15 is 0 Å². The summed E-state index contributed by atoms with van der Waals surface area (Å²) in [4.78, 5) is 18.3. The highest BCUT2D eigenvalue weighted by molar-refractivity contribution is 5.96. The summed E-state index contributed by atoms with van der Waals surface area (Å²) < 4.78 is 32.1. The summed E-state index contributed by atoms with van der Waals surface area (Å²) in [7, 11) is 0. The summed E-state index contributed by atoms with van der Waals surface area (Å²) in [6.07, 6.45) is 0.181. The zero-order valence-electron chi connectivity index (χ0n) is 16.4. The van der Waals surface area contributed by atoms with Gasteiger partial charge >= 0.3 is 0 Å². The molecule has 0 N–H and O–H groups in total. The molecule has 1 aliphatic heterocycles. The van der Waals surface area contributed by atoms with E-state index in [0.29, 0.717) is 17.4 Å². The molecule has 1 aliphatic rings. The van der Waals surface area contributed by atoms with Crippen LogP contribution < -0.4 is 4.90 Å². The number of hydrogen-bond acceptors (Lipinski definition) is 4. The molecule has 2 aromatic carbocycles. The maximum absolute atomic E-state index is 13.5. The van der Waals surface area contributed by atoms with E-state index < -0.39 is 11.6 Å². The second-order valence-electron chi connectivity index (χ2n) is 8.29. The number of nitrogens with zero attached hydrogens (tertiary/aromatic N) is 3. The van der Waals surface area contributed by atoms with Gasteiger partial charge in [-0.2, -0.15) is 4.98 Å². The highest BCUT2D eigenvalue weighted by Crippen LogP contribution is 2.32. The third kappa shape index (κ3) is 3.77. The molecule has 1 unspecified atom stereocenters. The quantitative estimate of drug-likeness (QED) is 0.635. The number of carbonyl (C=O) groups is 1. The SMILES string of the molecule is CC(C)(C)c1ccc(-c2nc(C3CC(=O)N(c4ccc(F)c(F)c4)C3)no2)cc1. The molecule has 5 nitrogen and oxygen atoms in total. The number of rotatable bonds is 3. The van der Waals surface area contributed by atoms with Gasteiger partial charge in [-0.1, -0.05) is 38.1 Å². The second-order valence-corrected chi connectivity index (χ2v) is 8.29. The zero-order chi connectivity index (χ0) is 20.8. The Balaban J connectivity index is 1.52. The minimum Gasteiger partial charge on any atom is -0.334 e. The van der Waals surface area contributed by atoms with Crippen molar-refractivity contribution in [1.29, 1.82) is 0 Å². The van der Waals surface area contributed by atoms with E-state index in [1.54, 1.807) is 0 Å². The van der Waals surface area contributed by atoms with Crippen LogP contribution in [0.4, 0.5) is 14.5 Å². The fraction of sp³-hybridized carbons (Fsp3) is 0.318. The van der Waals surface area contributed by atoms with Gasteiger partial charge in [0, 0.05) is 36.2 Å². The van der Waals surface area contributed by atoms with Crippen molar-refractivity contribution in [3.8, 4) is 11.5 Å². The first-order chi connectivity index (χ1) is 13.7. The highest BCUT2D eigenvalue weighted by atomic mass is 19.2. The molecule has 29 heavy (non-hydrogen) atoms. The number of halogens is 2. The van der Waals surface area contributed by atoms with Crippen molar-refractivity contribution >= 4 is 11.6 Å². The third-order valence-electron chi connectivity index (χ3n) is 5.14. The number of carbonyl (C=O) groups excluding carboxylic acids is 1. The Morgan fingerprint density at radius 2 is 1.79 bits per heavy atom. The number of hydrogen-bond donors (Lipinski definition) is 0. The van der Waals surface area contributed by atoms with Gasteiger partial charge < -0.3 is 9.42 Å². The normalized spacial score (nSPS) is 17.2. The molecule has 1 saturated heterocycles. The van der Waals surface area contributed by atoms with E-state index in [9.17, 15) is 13.6 Å². The fourth-order valence-electron chi connectivity index (χ4n) is 3.41. The molecular weight excluding hydrogens is 376 g/mol. The van der Waals surface area contributed by atoms with E-state index in [4.69, 9.17) is 4.52 Å². The maximum Gasteiger partial charge on any atom is 0.257 e. The van der Waals surface area contributed by atoms with Gasteiger partial charge in [0.05, 0.1) is 0 Å². The average molecular weight is 397 g/mol. The molecule has 4 rings (SSSR count). The lowest BCUT2D eigenvalue weighted by atomic mass is 9.87. The maximum atomic E-state index is 13.5. The standard InChI is InChI=1S/C22H21F2N3O2/c1-22(2,3)15-6-4-13(5-7-15)21-25-20(26-29-21)14-10-19(28)27(12-14)16-8-9-17(23)18(24)11-16/h4-9,11,14H,10,12H2,1-3H3. The second kappa shape index (κ2) is 7.06. The summed E-state index contributed by atoms with van der Waals surface area (Å²) >= 11 is 0. The van der Waals surface area contributed by atoms with Crippen molar-refractivity contribution in [2.24, 2.45) is 0 Å². The molecule has 150 valence electrons. The lowest BCUT2D eigenvalue weighted by Crippen LogP contribution is -2.24. The summed E-state index contributed by atoms with van der Waals surface area (Å²) in [5.74, 6) is -1.59. The van der Waals surface area contributed by atoms with Crippen LogP contribution >= 0.6 is 0 Å². The Morgan fingerprint density at radius 3 is 2.45 bits per heavy atom. The molecule has 3 aromatic rings. The van der Waals surface area contributed by atoms with Crippen LogP contribution in [0.25, 0.3) is 11.5 Å². The minimum atomic E-state index is -0.987. The Bertz CT molecular complexity index is 1050. The number of anilines is 1. The first-order valence-corrected chi connectivity index (χ1v) is 9.42. The first-order valence-electron chi connectivity index (χ1n) is 9.42. The zero-order valence-corrected chi connectivity index (χ0v) is 16.4. The van der Waals surface area contributed by atoms with Crippen LogP contribution in [-0.2, 0) is 10.2 Å². The van der Waals surface area contributed by atoms with Crippen LogP contribution in [0.15, 0.2) is 47.0 Å². The molecular formula is C22H21F2N3O2. The molecule has 1 amide bonds. The van der Waals surface area contributed by atoms with E-state index in [0.717, 1.165) is 17.7 Å². The van der Waals surface area contributed by atoms with E-state index in [-0.39, 0.29) is 30.2 Å². The average Bonchev–Trinajstić information content (AvgIpc) is 3.30. The van der Waals surface area contributed by atoms with Crippen molar-refractivity contribution in [3.63, 3.8) is 0 Å². The van der Waals surface area contributed by atoms with Crippen molar-refractivity contribution in [2.45, 2.75) is 38.5 Å². The van der Waals surface area contributed by atoms with Crippen LogP contribution in [0.1, 0.15) is 44.5 Å². The molecule has 1 fully saturated rings. The van der Waals surface area contributed by atoms with Crippen LogP contribution in [0.5, 0.6) is 0 Å². The lowest BCUT2D eigenvalue weighted by Gasteiger charge is -2.18. The summed E-state index contributed by atoms with van der Waals surface area (Å²) in [5.41, 5.74) is 2.37. The Kier molecular flexibility index (Phi) is 4.68. The van der Waals surface area contributed by atoms with Gasteiger partial charge in [0.15, 0.2) is 17.5 Å². The van der Waals surface area contributed by atoms with E-state index in [1.165, 1.54) is 16.5 Å². The topological polar surface area (TPSA) is 59.2 Å². The van der Waals surface area contributed by atoms with Crippen LogP contribution in [0.3, 0.4) is 0 Å². The Morgan fingerprint density at radius 1 is 1.07 bits per heavy atom. The van der Waals surface area contributed by atoms with Gasteiger partial charge in [0.25, 0.3) is 5.89 Å². The molecule has 0 saturated carbocycles. The Labute approximate surface area is 167 Å². The van der Waals surface area contributed by atoms with Crippen LogP contribution in [0.2, 0.25) is 0 Å². The van der Waals surface area contributed by atoms with Crippen molar-refractivity contribution in [3.05, 3.63) is 65.5 Å². The summed E-state index contributed by atoms with van der Waals surface area (Å²) in [5, 5.41) is 4.04. The first kappa shape index (κ1) is 19.2. The van der Waals surface area contributed by atoms with Gasteiger partial charge in [-0.15, -0.1) is 0 Å². The van der Waals surface area contributed by atoms with Gasteiger partial charge in [0.2, 0.25) is 5.91 Å². The lowest BCUT2D eigenvalue weighted by molar-refractivity contribution is -0.117. The van der Waals surface area contributed by atoms with E-state index in [1.807, 2.05) is 24.3 Å². The van der Waals surface area contributed by atoms with Crippen molar-refractivity contribution in [1.82, 2.24) is 10.1 Å². The highest BCUT2D eigenvalue weighted by Gasteiger charge is 2.35. The number of amides is 1. The Hall–Kier alpha value is -3.09. The predicted molar refractivity (Wildman–Crippen MR) is 105 cm³/mol. The van der Waals surface area contributed by atoms with Crippen molar-refractivity contribution < 1.29 is 18.1 Å².